The predicted octanol–water partition coefficient (Wildman–Crippen LogP) is 3.41. The van der Waals surface area contributed by atoms with Crippen molar-refractivity contribution in [3.8, 4) is 0 Å². The third-order valence-electron chi connectivity index (χ3n) is 2.82. The van der Waals surface area contributed by atoms with Gasteiger partial charge in [-0.2, -0.15) is 0 Å². The lowest BCUT2D eigenvalue weighted by Crippen LogP contribution is -1.90. The third kappa shape index (κ3) is 3.56. The molecule has 0 aliphatic carbocycles. The third-order valence-corrected chi connectivity index (χ3v) is 2.82. The second kappa shape index (κ2) is 6.00. The highest BCUT2D eigenvalue weighted by molar-refractivity contribution is 5.50. The number of rotatable bonds is 5. The van der Waals surface area contributed by atoms with Gasteiger partial charge < -0.3 is 4.79 Å². The van der Waals surface area contributed by atoms with Gasteiger partial charge in [0.1, 0.15) is 6.29 Å². The molecule has 0 fully saturated rings. The summed E-state index contributed by atoms with van der Waals surface area (Å²) in [5.41, 5.74) is 3.87. The normalized spacial score (nSPS) is 10.1. The Bertz CT molecular complexity index is 457. The Labute approximate surface area is 102 Å². The quantitative estimate of drug-likeness (QED) is 0.711. The van der Waals surface area contributed by atoms with Crippen LogP contribution in [0.5, 0.6) is 0 Å². The lowest BCUT2D eigenvalue weighted by atomic mass is 10.0. The van der Waals surface area contributed by atoms with E-state index in [1.807, 2.05) is 6.07 Å². The minimum Gasteiger partial charge on any atom is -0.303 e. The minimum atomic E-state index is 0.609. The van der Waals surface area contributed by atoms with E-state index in [1.54, 1.807) is 0 Å². The zero-order valence-electron chi connectivity index (χ0n) is 9.80. The number of carbonyl (C=O) groups is 1. The zero-order chi connectivity index (χ0) is 11.9. The monoisotopic (exact) mass is 224 g/mol. The molecule has 0 aromatic heterocycles. The van der Waals surface area contributed by atoms with Crippen molar-refractivity contribution >= 4 is 6.29 Å². The summed E-state index contributed by atoms with van der Waals surface area (Å²) >= 11 is 0. The summed E-state index contributed by atoms with van der Waals surface area (Å²) in [6.07, 6.45) is 3.39. The fourth-order valence-electron chi connectivity index (χ4n) is 1.88. The SMILES string of the molecule is O=CCCc1ccc(Cc2ccccc2)cc1. The first-order chi connectivity index (χ1) is 8.38. The lowest BCUT2D eigenvalue weighted by Gasteiger charge is -2.03. The Morgan fingerprint density at radius 3 is 2.00 bits per heavy atom. The molecule has 0 spiro atoms. The molecule has 0 atom stereocenters. The van der Waals surface area contributed by atoms with Gasteiger partial charge in [0.2, 0.25) is 0 Å². The predicted molar refractivity (Wildman–Crippen MR) is 70.1 cm³/mol. The first-order valence-electron chi connectivity index (χ1n) is 5.94. The van der Waals surface area contributed by atoms with Crippen LogP contribution in [-0.4, -0.2) is 6.29 Å². The molecule has 1 heteroatoms. The van der Waals surface area contributed by atoms with Crippen LogP contribution in [0.4, 0.5) is 0 Å². The largest absolute Gasteiger partial charge is 0.303 e. The van der Waals surface area contributed by atoms with E-state index < -0.39 is 0 Å². The van der Waals surface area contributed by atoms with Crippen molar-refractivity contribution in [1.29, 1.82) is 0 Å². The molecule has 0 bridgehead atoms. The molecule has 0 radical (unpaired) electrons. The van der Waals surface area contributed by atoms with E-state index in [-0.39, 0.29) is 0 Å². The van der Waals surface area contributed by atoms with Gasteiger partial charge in [-0.25, -0.2) is 0 Å². The second-order valence-corrected chi connectivity index (χ2v) is 4.18. The van der Waals surface area contributed by atoms with E-state index in [0.29, 0.717) is 6.42 Å². The average Bonchev–Trinajstić information content (AvgIpc) is 2.39. The molecule has 0 saturated heterocycles. The van der Waals surface area contributed by atoms with Crippen LogP contribution >= 0.6 is 0 Å². The highest BCUT2D eigenvalue weighted by Gasteiger charge is 1.96. The van der Waals surface area contributed by atoms with Crippen LogP contribution in [0.3, 0.4) is 0 Å². The molecule has 2 aromatic rings. The number of hydrogen-bond acceptors (Lipinski definition) is 1. The van der Waals surface area contributed by atoms with Crippen molar-refractivity contribution in [3.63, 3.8) is 0 Å². The standard InChI is InChI=1S/C16H16O/c17-12-4-7-14-8-10-16(11-9-14)13-15-5-2-1-3-6-15/h1-3,5-6,8-12H,4,7,13H2. The molecule has 1 nitrogen and oxygen atoms in total. The Hall–Kier alpha value is -1.89. The van der Waals surface area contributed by atoms with Crippen LogP contribution in [0.2, 0.25) is 0 Å². The van der Waals surface area contributed by atoms with Crippen molar-refractivity contribution < 1.29 is 4.79 Å². The molecule has 0 N–H and O–H groups in total. The van der Waals surface area contributed by atoms with Crippen LogP contribution in [0.1, 0.15) is 23.1 Å². The van der Waals surface area contributed by atoms with Gasteiger partial charge in [0.15, 0.2) is 0 Å². The molecule has 0 amide bonds. The highest BCUT2D eigenvalue weighted by atomic mass is 16.1. The summed E-state index contributed by atoms with van der Waals surface area (Å²) in [4.78, 5) is 10.3. The fraction of sp³-hybridized carbons (Fsp3) is 0.188. The van der Waals surface area contributed by atoms with Crippen LogP contribution in [0, 0.1) is 0 Å². The maximum absolute atomic E-state index is 10.3. The summed E-state index contributed by atoms with van der Waals surface area (Å²) in [5.74, 6) is 0. The Morgan fingerprint density at radius 2 is 1.35 bits per heavy atom. The van der Waals surface area contributed by atoms with Crippen molar-refractivity contribution in [1.82, 2.24) is 0 Å². The van der Waals surface area contributed by atoms with Crippen molar-refractivity contribution in [2.24, 2.45) is 0 Å². The van der Waals surface area contributed by atoms with E-state index in [2.05, 4.69) is 48.5 Å². The van der Waals surface area contributed by atoms with Gasteiger partial charge in [-0.05, 0) is 29.5 Å². The summed E-state index contributed by atoms with van der Waals surface area (Å²) in [6.45, 7) is 0. The van der Waals surface area contributed by atoms with Crippen LogP contribution in [-0.2, 0) is 17.6 Å². The number of benzene rings is 2. The van der Waals surface area contributed by atoms with Gasteiger partial charge in [-0.15, -0.1) is 0 Å². The first-order valence-corrected chi connectivity index (χ1v) is 5.94. The molecular weight excluding hydrogens is 208 g/mol. The van der Waals surface area contributed by atoms with E-state index in [0.717, 1.165) is 19.1 Å². The number of carbonyl (C=O) groups excluding carboxylic acids is 1. The van der Waals surface area contributed by atoms with Gasteiger partial charge in [0.05, 0.1) is 0 Å². The van der Waals surface area contributed by atoms with Gasteiger partial charge >= 0.3 is 0 Å². The molecule has 0 saturated carbocycles. The molecule has 86 valence electrons. The molecule has 17 heavy (non-hydrogen) atoms. The van der Waals surface area contributed by atoms with E-state index >= 15 is 0 Å². The molecule has 0 heterocycles. The van der Waals surface area contributed by atoms with E-state index in [1.165, 1.54) is 16.7 Å². The minimum absolute atomic E-state index is 0.609. The van der Waals surface area contributed by atoms with Gasteiger partial charge in [0, 0.05) is 6.42 Å². The first kappa shape index (κ1) is 11.6. The van der Waals surface area contributed by atoms with E-state index in [9.17, 15) is 4.79 Å². The fourth-order valence-corrected chi connectivity index (χ4v) is 1.88. The van der Waals surface area contributed by atoms with Crippen LogP contribution < -0.4 is 0 Å². The van der Waals surface area contributed by atoms with Crippen LogP contribution in [0.25, 0.3) is 0 Å². The van der Waals surface area contributed by atoms with Crippen molar-refractivity contribution in [2.45, 2.75) is 19.3 Å². The average molecular weight is 224 g/mol. The van der Waals surface area contributed by atoms with Gasteiger partial charge in [0.25, 0.3) is 0 Å². The molecule has 0 aliphatic rings. The molecule has 2 rings (SSSR count). The van der Waals surface area contributed by atoms with Crippen molar-refractivity contribution in [3.05, 3.63) is 71.3 Å². The molecular formula is C16H16O. The Balaban J connectivity index is 2.01. The van der Waals surface area contributed by atoms with Gasteiger partial charge in [-0.3, -0.25) is 0 Å². The van der Waals surface area contributed by atoms with Crippen molar-refractivity contribution in [2.75, 3.05) is 0 Å². The highest BCUT2D eigenvalue weighted by Crippen LogP contribution is 2.11. The second-order valence-electron chi connectivity index (χ2n) is 4.18. The topological polar surface area (TPSA) is 17.1 Å². The van der Waals surface area contributed by atoms with E-state index in [4.69, 9.17) is 0 Å². The summed E-state index contributed by atoms with van der Waals surface area (Å²) in [5, 5.41) is 0. The Morgan fingerprint density at radius 1 is 0.765 bits per heavy atom. The lowest BCUT2D eigenvalue weighted by molar-refractivity contribution is -0.107. The maximum atomic E-state index is 10.3. The maximum Gasteiger partial charge on any atom is 0.120 e. The van der Waals surface area contributed by atoms with Gasteiger partial charge in [-0.1, -0.05) is 54.6 Å². The summed E-state index contributed by atoms with van der Waals surface area (Å²) in [6, 6.07) is 19.0. The number of hydrogen-bond donors (Lipinski definition) is 0. The molecule has 0 aliphatic heterocycles. The number of aldehydes is 1. The number of aryl methyl sites for hydroxylation is 1. The summed E-state index contributed by atoms with van der Waals surface area (Å²) < 4.78 is 0. The smallest absolute Gasteiger partial charge is 0.120 e. The molecule has 2 aromatic carbocycles. The zero-order valence-corrected chi connectivity index (χ0v) is 9.80. The molecule has 0 unspecified atom stereocenters. The Kier molecular flexibility index (Phi) is 4.09. The summed E-state index contributed by atoms with van der Waals surface area (Å²) in [7, 11) is 0. The van der Waals surface area contributed by atoms with Crippen LogP contribution in [0.15, 0.2) is 54.6 Å².